The number of amides is 1. The van der Waals surface area contributed by atoms with E-state index >= 15 is 0 Å². The average Bonchev–Trinajstić information content (AvgIpc) is 3.59. The molecule has 0 atom stereocenters. The maximum absolute atomic E-state index is 12.8. The Bertz CT molecular complexity index is 2010. The van der Waals surface area contributed by atoms with Crippen molar-refractivity contribution < 1.29 is 32.1 Å². The van der Waals surface area contributed by atoms with Crippen LogP contribution in [0.3, 0.4) is 0 Å². The summed E-state index contributed by atoms with van der Waals surface area (Å²) in [7, 11) is -2.38. The first kappa shape index (κ1) is 34.8. The number of para-hydroxylation sites is 1. The van der Waals surface area contributed by atoms with Gasteiger partial charge < -0.3 is 25.4 Å². The molecule has 5 rings (SSSR count). The molecule has 0 radical (unpaired) electrons. The molecule has 0 fully saturated rings. The number of nitrogens with zero attached hydrogens (tertiary/aromatic N) is 4. The van der Waals surface area contributed by atoms with Crippen LogP contribution in [0.2, 0.25) is 5.02 Å². The molecule has 0 bridgehead atoms. The lowest BCUT2D eigenvalue weighted by molar-refractivity contribution is -0.142. The largest absolute Gasteiger partial charge is 0.473 e. The first-order chi connectivity index (χ1) is 23.7. The molecule has 3 aromatic carbocycles. The molecule has 0 aliphatic carbocycles. The van der Waals surface area contributed by atoms with Gasteiger partial charge in [-0.2, -0.15) is 4.98 Å². The smallest absolute Gasteiger partial charge is 0.310 e. The number of aromatic nitrogens is 4. The number of ether oxygens (including phenoxy) is 2. The lowest BCUT2D eigenvalue weighted by atomic mass is 10.1. The summed E-state index contributed by atoms with van der Waals surface area (Å²) in [6.07, 6.45) is 3.30. The Balaban J connectivity index is 1.06. The molecule has 0 unspecified atom stereocenters. The molecule has 1 amide bonds. The van der Waals surface area contributed by atoms with Gasteiger partial charge in [0.15, 0.2) is 5.82 Å². The molecule has 0 aliphatic rings. The summed E-state index contributed by atoms with van der Waals surface area (Å²) >= 11 is 6.33. The van der Waals surface area contributed by atoms with Crippen molar-refractivity contribution in [3.63, 3.8) is 0 Å². The van der Waals surface area contributed by atoms with Crippen LogP contribution in [0, 0.1) is 0 Å². The standard InChI is InChI=1S/C33H32ClN7O7S/c1-35-30(43)25-15-6-7-16-27(25)38-29-26(34)21-36-33(39-29)37-23-12-10-11-22(19-23)20-28(42)46-17-8-3-9-18-47-31-32(41-48-40-31)49(44,45)24-13-4-2-5-14-24/h2,4-7,10-16,19,21H,3,8-9,17-18,20H2,1H3,(H,35,43)(H2,36,37,38,39). The molecule has 3 N–H and O–H groups in total. The minimum Gasteiger partial charge on any atom is -0.473 e. The van der Waals surface area contributed by atoms with Gasteiger partial charge in [-0.25, -0.2) is 18.0 Å². The maximum atomic E-state index is 12.8. The minimum absolute atomic E-state index is 0.0566. The van der Waals surface area contributed by atoms with E-state index in [1.807, 2.05) is 0 Å². The van der Waals surface area contributed by atoms with Crippen molar-refractivity contribution in [3.8, 4) is 5.88 Å². The summed E-state index contributed by atoms with van der Waals surface area (Å²) in [5, 5.41) is 15.8. The number of anilines is 4. The monoisotopic (exact) mass is 705 g/mol. The average molecular weight is 706 g/mol. The number of nitrogens with one attached hydrogen (secondary N) is 3. The molecule has 0 saturated carbocycles. The van der Waals surface area contributed by atoms with Gasteiger partial charge >= 0.3 is 5.97 Å². The van der Waals surface area contributed by atoms with E-state index in [1.165, 1.54) is 18.3 Å². The number of rotatable bonds is 16. The van der Waals surface area contributed by atoms with E-state index in [9.17, 15) is 18.0 Å². The van der Waals surface area contributed by atoms with Crippen molar-refractivity contribution in [2.75, 3.05) is 30.9 Å². The number of hydrogen-bond acceptors (Lipinski definition) is 13. The Morgan fingerprint density at radius 3 is 2.49 bits per heavy atom. The second-order valence-electron chi connectivity index (χ2n) is 10.5. The van der Waals surface area contributed by atoms with Crippen LogP contribution >= 0.6 is 11.6 Å². The van der Waals surface area contributed by atoms with Gasteiger partial charge in [0.25, 0.3) is 16.8 Å². The Hall–Kier alpha value is -5.54. The van der Waals surface area contributed by atoms with E-state index in [0.717, 1.165) is 5.56 Å². The van der Waals surface area contributed by atoms with Crippen molar-refractivity contribution in [1.29, 1.82) is 0 Å². The number of halogens is 1. The number of unbranched alkanes of at least 4 members (excludes halogenated alkanes) is 2. The SMILES string of the molecule is CNC(=O)c1ccccc1Nc1nc(Nc2cccc(CC(=O)OCCCCCOc3nonc3S(=O)(=O)c3ccccc3)c2)ncc1Cl. The Morgan fingerprint density at radius 2 is 1.67 bits per heavy atom. The molecule has 16 heteroatoms. The van der Waals surface area contributed by atoms with E-state index < -0.39 is 9.84 Å². The summed E-state index contributed by atoms with van der Waals surface area (Å²) in [6, 6.07) is 22.0. The molecule has 2 aromatic heterocycles. The number of carbonyl (C=O) groups excluding carboxylic acids is 2. The van der Waals surface area contributed by atoms with Gasteiger partial charge in [0.1, 0.15) is 5.02 Å². The van der Waals surface area contributed by atoms with Crippen LogP contribution in [-0.4, -0.2) is 60.8 Å². The molecule has 2 heterocycles. The van der Waals surface area contributed by atoms with Crippen LogP contribution in [0.5, 0.6) is 5.88 Å². The highest BCUT2D eigenvalue weighted by molar-refractivity contribution is 7.91. The number of carbonyl (C=O) groups is 2. The van der Waals surface area contributed by atoms with Gasteiger partial charge in [0.2, 0.25) is 15.8 Å². The van der Waals surface area contributed by atoms with E-state index in [1.54, 1.807) is 73.8 Å². The molecule has 14 nitrogen and oxygen atoms in total. The van der Waals surface area contributed by atoms with Crippen LogP contribution in [-0.2, 0) is 25.8 Å². The lowest BCUT2D eigenvalue weighted by Crippen LogP contribution is -2.19. The second-order valence-corrected chi connectivity index (χ2v) is 12.7. The lowest BCUT2D eigenvalue weighted by Gasteiger charge is -2.13. The molecule has 0 aliphatic heterocycles. The van der Waals surface area contributed by atoms with Crippen LogP contribution in [0.25, 0.3) is 0 Å². The van der Waals surface area contributed by atoms with Crippen LogP contribution < -0.4 is 20.7 Å². The summed E-state index contributed by atoms with van der Waals surface area (Å²) in [6.45, 7) is 0.394. The molecule has 0 spiro atoms. The molecule has 49 heavy (non-hydrogen) atoms. The molecule has 0 saturated heterocycles. The Labute approximate surface area is 287 Å². The van der Waals surface area contributed by atoms with Crippen LogP contribution in [0.1, 0.15) is 35.2 Å². The predicted octanol–water partition coefficient (Wildman–Crippen LogP) is 5.53. The molecular weight excluding hydrogens is 674 g/mol. The third-order valence-electron chi connectivity index (χ3n) is 6.96. The van der Waals surface area contributed by atoms with Crippen molar-refractivity contribution in [2.45, 2.75) is 35.6 Å². The third kappa shape index (κ3) is 9.30. The van der Waals surface area contributed by atoms with Gasteiger partial charge in [-0.05, 0) is 71.5 Å². The predicted molar refractivity (Wildman–Crippen MR) is 180 cm³/mol. The van der Waals surface area contributed by atoms with E-state index in [0.29, 0.717) is 42.0 Å². The first-order valence-corrected chi connectivity index (χ1v) is 17.0. The first-order valence-electron chi connectivity index (χ1n) is 15.1. The van der Waals surface area contributed by atoms with Gasteiger partial charge in [0, 0.05) is 12.7 Å². The zero-order chi connectivity index (χ0) is 34.6. The van der Waals surface area contributed by atoms with Crippen LogP contribution in [0.4, 0.5) is 23.1 Å². The fourth-order valence-corrected chi connectivity index (χ4v) is 5.88. The third-order valence-corrected chi connectivity index (χ3v) is 8.88. The number of esters is 1. The van der Waals surface area contributed by atoms with E-state index in [2.05, 4.69) is 40.9 Å². The summed E-state index contributed by atoms with van der Waals surface area (Å²) in [5.41, 5.74) is 2.32. The number of benzene rings is 3. The second kappa shape index (κ2) is 16.5. The van der Waals surface area contributed by atoms with Crippen LogP contribution in [0.15, 0.2) is 99.6 Å². The highest BCUT2D eigenvalue weighted by Gasteiger charge is 2.28. The van der Waals surface area contributed by atoms with E-state index in [4.69, 9.17) is 21.1 Å². The quantitative estimate of drug-likeness (QED) is 0.0860. The topological polar surface area (TPSA) is 188 Å². The molecule has 254 valence electrons. The summed E-state index contributed by atoms with van der Waals surface area (Å²) in [5.74, 6) is -0.292. The fourth-order valence-electron chi connectivity index (χ4n) is 4.54. The molecule has 5 aromatic rings. The van der Waals surface area contributed by atoms with Crippen molar-refractivity contribution in [2.24, 2.45) is 0 Å². The minimum atomic E-state index is -3.93. The fraction of sp³-hybridized carbons (Fsp3) is 0.212. The van der Waals surface area contributed by atoms with E-state index in [-0.39, 0.29) is 58.3 Å². The Kier molecular flexibility index (Phi) is 11.7. The summed E-state index contributed by atoms with van der Waals surface area (Å²) < 4.78 is 41.1. The number of sulfone groups is 1. The maximum Gasteiger partial charge on any atom is 0.310 e. The zero-order valence-electron chi connectivity index (χ0n) is 26.3. The Morgan fingerprint density at radius 1 is 0.898 bits per heavy atom. The number of hydrogen-bond donors (Lipinski definition) is 3. The van der Waals surface area contributed by atoms with Gasteiger partial charge in [-0.15, -0.1) is 0 Å². The highest BCUT2D eigenvalue weighted by Crippen LogP contribution is 2.28. The highest BCUT2D eigenvalue weighted by atomic mass is 35.5. The van der Waals surface area contributed by atoms with Gasteiger partial charge in [-0.3, -0.25) is 9.59 Å². The van der Waals surface area contributed by atoms with Crippen molar-refractivity contribution in [3.05, 3.63) is 101 Å². The zero-order valence-corrected chi connectivity index (χ0v) is 27.8. The summed E-state index contributed by atoms with van der Waals surface area (Å²) in [4.78, 5) is 33.5. The van der Waals surface area contributed by atoms with Crippen molar-refractivity contribution >= 4 is 56.5 Å². The van der Waals surface area contributed by atoms with Gasteiger partial charge in [-0.1, -0.05) is 54.1 Å². The molecular formula is C33H32ClN7O7S. The van der Waals surface area contributed by atoms with Crippen molar-refractivity contribution in [1.82, 2.24) is 25.6 Å². The van der Waals surface area contributed by atoms with Gasteiger partial charge in [0.05, 0.1) is 42.0 Å². The normalized spacial score (nSPS) is 11.1.